The molecule has 1 fully saturated rings. The molecule has 0 aliphatic carbocycles. The van der Waals surface area contributed by atoms with Gasteiger partial charge in [0.2, 0.25) is 0 Å². The Hall–Kier alpha value is -0.590. The summed E-state index contributed by atoms with van der Waals surface area (Å²) in [5.41, 5.74) is 0. The van der Waals surface area contributed by atoms with E-state index in [2.05, 4.69) is 30.3 Å². The van der Waals surface area contributed by atoms with Crippen LogP contribution in [0.1, 0.15) is 19.8 Å². The molecule has 1 aliphatic heterocycles. The van der Waals surface area contributed by atoms with Gasteiger partial charge in [0.1, 0.15) is 0 Å². The number of rotatable bonds is 3. The van der Waals surface area contributed by atoms with Crippen LogP contribution in [0.25, 0.3) is 0 Å². The summed E-state index contributed by atoms with van der Waals surface area (Å²) in [5, 5.41) is 11.7. The zero-order valence-corrected chi connectivity index (χ0v) is 7.88. The van der Waals surface area contributed by atoms with Crippen LogP contribution >= 0.6 is 0 Å². The molecule has 0 aromatic carbocycles. The lowest BCUT2D eigenvalue weighted by Gasteiger charge is -2.12. The van der Waals surface area contributed by atoms with E-state index in [0.717, 1.165) is 13.1 Å². The van der Waals surface area contributed by atoms with Gasteiger partial charge in [0.25, 0.3) is 0 Å². The van der Waals surface area contributed by atoms with E-state index in [4.69, 9.17) is 5.26 Å². The highest BCUT2D eigenvalue weighted by molar-refractivity contribution is 4.85. The predicted molar refractivity (Wildman–Crippen MR) is 48.7 cm³/mol. The number of likely N-dealkylation sites (N-methyl/N-ethyl adjacent to an activating group) is 1. The van der Waals surface area contributed by atoms with Crippen molar-refractivity contribution >= 4 is 0 Å². The Morgan fingerprint density at radius 2 is 2.42 bits per heavy atom. The molecule has 3 heteroatoms. The monoisotopic (exact) mass is 167 g/mol. The van der Waals surface area contributed by atoms with Gasteiger partial charge in [-0.05, 0) is 20.4 Å². The van der Waals surface area contributed by atoms with Gasteiger partial charge in [-0.3, -0.25) is 0 Å². The third kappa shape index (κ3) is 2.47. The van der Waals surface area contributed by atoms with Crippen LogP contribution in [0.5, 0.6) is 0 Å². The Morgan fingerprint density at radius 3 is 2.92 bits per heavy atom. The molecule has 1 rings (SSSR count). The molecule has 1 aliphatic rings. The lowest BCUT2D eigenvalue weighted by molar-refractivity contribution is 0.327. The summed E-state index contributed by atoms with van der Waals surface area (Å²) in [7, 11) is 2.15. The van der Waals surface area contributed by atoms with Gasteiger partial charge < -0.3 is 10.2 Å². The molecular weight excluding hydrogens is 150 g/mol. The van der Waals surface area contributed by atoms with Crippen molar-refractivity contribution in [1.29, 1.82) is 5.26 Å². The molecule has 2 unspecified atom stereocenters. The average molecular weight is 167 g/mol. The van der Waals surface area contributed by atoms with Crippen molar-refractivity contribution in [3.05, 3.63) is 0 Å². The fourth-order valence-corrected chi connectivity index (χ4v) is 1.67. The van der Waals surface area contributed by atoms with Crippen molar-refractivity contribution in [2.75, 3.05) is 20.1 Å². The Labute approximate surface area is 74.4 Å². The quantitative estimate of drug-likeness (QED) is 0.625. The van der Waals surface area contributed by atoms with Crippen LogP contribution in [0.4, 0.5) is 0 Å². The van der Waals surface area contributed by atoms with Gasteiger partial charge in [-0.25, -0.2) is 0 Å². The Balaban J connectivity index is 2.15. The molecule has 68 valence electrons. The largest absolute Gasteiger partial charge is 0.312 e. The molecule has 0 radical (unpaired) electrons. The Morgan fingerprint density at radius 1 is 1.67 bits per heavy atom. The molecular formula is C9H17N3. The highest BCUT2D eigenvalue weighted by atomic mass is 15.2. The molecule has 0 spiro atoms. The highest BCUT2D eigenvalue weighted by Gasteiger charge is 2.24. The summed E-state index contributed by atoms with van der Waals surface area (Å²) in [5.74, 6) is 0. The Bertz CT molecular complexity index is 163. The number of nitrogens with one attached hydrogen (secondary N) is 1. The fraction of sp³-hybridized carbons (Fsp3) is 0.889. The first-order valence-corrected chi connectivity index (χ1v) is 4.54. The second-order valence-corrected chi connectivity index (χ2v) is 3.58. The van der Waals surface area contributed by atoms with Gasteiger partial charge in [-0.1, -0.05) is 0 Å². The molecule has 0 bridgehead atoms. The van der Waals surface area contributed by atoms with Gasteiger partial charge in [0.15, 0.2) is 0 Å². The van der Waals surface area contributed by atoms with Gasteiger partial charge in [0, 0.05) is 31.6 Å². The SMILES string of the molecule is CC1CC(NCCC#N)CN1C. The normalized spacial score (nSPS) is 30.4. The standard InChI is InChI=1S/C9H17N3/c1-8-6-9(7-12(8)2)11-5-3-4-10/h8-9,11H,3,5-7H2,1-2H3. The lowest BCUT2D eigenvalue weighted by Crippen LogP contribution is -2.32. The second kappa shape index (κ2) is 4.44. The molecule has 12 heavy (non-hydrogen) atoms. The van der Waals surface area contributed by atoms with E-state index in [1.54, 1.807) is 0 Å². The molecule has 1 saturated heterocycles. The summed E-state index contributed by atoms with van der Waals surface area (Å²) < 4.78 is 0. The summed E-state index contributed by atoms with van der Waals surface area (Å²) >= 11 is 0. The second-order valence-electron chi connectivity index (χ2n) is 3.58. The number of likely N-dealkylation sites (tertiary alicyclic amines) is 1. The van der Waals surface area contributed by atoms with Gasteiger partial charge >= 0.3 is 0 Å². The Kier molecular flexibility index (Phi) is 3.51. The van der Waals surface area contributed by atoms with Gasteiger partial charge in [0.05, 0.1) is 6.07 Å². The maximum Gasteiger partial charge on any atom is 0.0635 e. The summed E-state index contributed by atoms with van der Waals surface area (Å²) in [6.45, 7) is 4.19. The minimum Gasteiger partial charge on any atom is -0.312 e. The first-order valence-electron chi connectivity index (χ1n) is 4.54. The molecule has 0 aromatic rings. The van der Waals surface area contributed by atoms with Crippen molar-refractivity contribution in [2.24, 2.45) is 0 Å². The van der Waals surface area contributed by atoms with Crippen LogP contribution < -0.4 is 5.32 Å². The summed E-state index contributed by atoms with van der Waals surface area (Å²) in [6.07, 6.45) is 1.83. The van der Waals surface area contributed by atoms with Crippen LogP contribution in [-0.4, -0.2) is 37.1 Å². The minimum atomic E-state index is 0.596. The van der Waals surface area contributed by atoms with Crippen LogP contribution in [0, 0.1) is 11.3 Å². The molecule has 3 nitrogen and oxygen atoms in total. The number of nitrogens with zero attached hydrogens (tertiary/aromatic N) is 2. The predicted octanol–water partition coefficient (Wildman–Crippen LogP) is 0.582. The van der Waals surface area contributed by atoms with E-state index < -0.39 is 0 Å². The van der Waals surface area contributed by atoms with E-state index in [1.807, 2.05) is 0 Å². The smallest absolute Gasteiger partial charge is 0.0635 e. The fourth-order valence-electron chi connectivity index (χ4n) is 1.67. The molecule has 1 N–H and O–H groups in total. The molecule has 0 amide bonds. The minimum absolute atomic E-state index is 0.596. The average Bonchev–Trinajstić information content (AvgIpc) is 2.32. The van der Waals surface area contributed by atoms with Crippen LogP contribution in [-0.2, 0) is 0 Å². The van der Waals surface area contributed by atoms with Crippen molar-refractivity contribution in [2.45, 2.75) is 31.8 Å². The zero-order valence-electron chi connectivity index (χ0n) is 7.88. The molecule has 0 aromatic heterocycles. The number of hydrogen-bond acceptors (Lipinski definition) is 3. The van der Waals surface area contributed by atoms with Gasteiger partial charge in [-0.15, -0.1) is 0 Å². The van der Waals surface area contributed by atoms with Crippen LogP contribution in [0.2, 0.25) is 0 Å². The van der Waals surface area contributed by atoms with E-state index in [1.165, 1.54) is 6.42 Å². The summed E-state index contributed by atoms with van der Waals surface area (Å²) in [6, 6.07) is 3.42. The highest BCUT2D eigenvalue weighted by Crippen LogP contribution is 2.14. The van der Waals surface area contributed by atoms with Crippen molar-refractivity contribution in [3.63, 3.8) is 0 Å². The van der Waals surface area contributed by atoms with E-state index in [-0.39, 0.29) is 0 Å². The zero-order chi connectivity index (χ0) is 8.97. The number of hydrogen-bond donors (Lipinski definition) is 1. The lowest BCUT2D eigenvalue weighted by atomic mass is 10.2. The maximum atomic E-state index is 8.34. The van der Waals surface area contributed by atoms with Gasteiger partial charge in [-0.2, -0.15) is 5.26 Å². The number of nitriles is 1. The first-order chi connectivity index (χ1) is 5.74. The van der Waals surface area contributed by atoms with Crippen molar-refractivity contribution in [1.82, 2.24) is 10.2 Å². The molecule has 2 atom stereocenters. The van der Waals surface area contributed by atoms with E-state index >= 15 is 0 Å². The molecule has 0 saturated carbocycles. The van der Waals surface area contributed by atoms with E-state index in [0.29, 0.717) is 18.5 Å². The van der Waals surface area contributed by atoms with E-state index in [9.17, 15) is 0 Å². The third-order valence-corrected chi connectivity index (χ3v) is 2.56. The van der Waals surface area contributed by atoms with Crippen molar-refractivity contribution in [3.8, 4) is 6.07 Å². The third-order valence-electron chi connectivity index (χ3n) is 2.56. The van der Waals surface area contributed by atoms with Crippen LogP contribution in [0.3, 0.4) is 0 Å². The maximum absolute atomic E-state index is 8.34. The van der Waals surface area contributed by atoms with Crippen LogP contribution in [0.15, 0.2) is 0 Å². The summed E-state index contributed by atoms with van der Waals surface area (Å²) in [4.78, 5) is 2.35. The van der Waals surface area contributed by atoms with Crippen molar-refractivity contribution < 1.29 is 0 Å². The topological polar surface area (TPSA) is 39.1 Å². The molecule has 1 heterocycles. The first kappa shape index (κ1) is 9.50.